The van der Waals surface area contributed by atoms with Crippen LogP contribution in [0.4, 0.5) is 0 Å². The molecule has 0 spiro atoms. The predicted molar refractivity (Wildman–Crippen MR) is 211 cm³/mol. The lowest BCUT2D eigenvalue weighted by Gasteiger charge is -2.26. The van der Waals surface area contributed by atoms with E-state index in [4.69, 9.17) is 0 Å². The largest absolute Gasteiger partial charge is 0.308 e. The molecule has 7 heteroatoms. The van der Waals surface area contributed by atoms with E-state index in [9.17, 15) is 5.26 Å². The number of hydrogen-bond acceptors (Lipinski definition) is 6. The van der Waals surface area contributed by atoms with Crippen molar-refractivity contribution in [3.8, 4) is 56.3 Å². The van der Waals surface area contributed by atoms with Crippen LogP contribution in [0.1, 0.15) is 5.56 Å². The molecule has 52 heavy (non-hydrogen) atoms. The Kier molecular flexibility index (Phi) is 6.95. The Hall–Kier alpha value is -7.01. The number of rotatable bonds is 5. The minimum atomic E-state index is 0.524. The van der Waals surface area contributed by atoms with Gasteiger partial charge in [0.25, 0.3) is 0 Å². The molecule has 0 saturated heterocycles. The summed E-state index contributed by atoms with van der Waals surface area (Å²) in [4.78, 5) is 18.3. The average molecular weight is 683 g/mol. The van der Waals surface area contributed by atoms with Crippen molar-refractivity contribution < 1.29 is 0 Å². The molecule has 4 aromatic carbocycles. The summed E-state index contributed by atoms with van der Waals surface area (Å²) >= 11 is 1.82. The Balaban J connectivity index is 1.51. The van der Waals surface area contributed by atoms with Gasteiger partial charge in [-0.05, 0) is 42.5 Å². The minimum Gasteiger partial charge on any atom is -0.308 e. The van der Waals surface area contributed by atoms with E-state index in [0.29, 0.717) is 5.56 Å². The van der Waals surface area contributed by atoms with Crippen molar-refractivity contribution in [2.24, 2.45) is 0 Å². The summed E-state index contributed by atoms with van der Waals surface area (Å²) < 4.78 is 4.84. The van der Waals surface area contributed by atoms with Crippen LogP contribution in [-0.2, 0) is 0 Å². The molecule has 10 aromatic rings. The summed E-state index contributed by atoms with van der Waals surface area (Å²) in [5.41, 5.74) is 10.3. The number of aromatic nitrogens is 5. The molecule has 0 saturated carbocycles. The Morgan fingerprint density at radius 1 is 0.481 bits per heavy atom. The van der Waals surface area contributed by atoms with Crippen molar-refractivity contribution >= 4 is 53.3 Å². The Morgan fingerprint density at radius 2 is 1.04 bits per heavy atom. The van der Waals surface area contributed by atoms with Crippen LogP contribution in [0.2, 0.25) is 0 Å². The third kappa shape index (κ3) is 4.49. The highest BCUT2D eigenvalue weighted by molar-refractivity contribution is 7.26. The van der Waals surface area contributed by atoms with Gasteiger partial charge in [0.15, 0.2) is 0 Å². The molecule has 6 nitrogen and oxygen atoms in total. The number of nitriles is 1. The summed E-state index contributed by atoms with van der Waals surface area (Å²) in [5.74, 6) is 0. The van der Waals surface area contributed by atoms with E-state index in [-0.39, 0.29) is 0 Å². The molecule has 242 valence electrons. The Bertz CT molecular complexity index is 3000. The maximum Gasteiger partial charge on any atom is 0.101 e. The van der Waals surface area contributed by atoms with Crippen molar-refractivity contribution in [3.63, 3.8) is 0 Å². The van der Waals surface area contributed by atoms with Gasteiger partial charge in [0.2, 0.25) is 0 Å². The van der Waals surface area contributed by atoms with Gasteiger partial charge < -0.3 is 4.57 Å². The molecule has 6 heterocycles. The van der Waals surface area contributed by atoms with Gasteiger partial charge in [-0.25, -0.2) is 0 Å². The fourth-order valence-corrected chi connectivity index (χ4v) is 8.99. The average Bonchev–Trinajstić information content (AvgIpc) is 3.77. The van der Waals surface area contributed by atoms with Gasteiger partial charge in [0, 0.05) is 125 Å². The minimum absolute atomic E-state index is 0.524. The predicted octanol–water partition coefficient (Wildman–Crippen LogP) is 11.3. The molecule has 0 aliphatic rings. The molecule has 0 radical (unpaired) electrons. The molecule has 10 rings (SSSR count). The summed E-state index contributed by atoms with van der Waals surface area (Å²) in [6.45, 7) is 0. The second-order valence-corrected chi connectivity index (χ2v) is 13.6. The zero-order chi connectivity index (χ0) is 34.6. The zero-order valence-electron chi connectivity index (χ0n) is 27.6. The van der Waals surface area contributed by atoms with Gasteiger partial charge in [-0.15, -0.1) is 11.3 Å². The number of fused-ring (bicyclic) bond motifs is 7. The van der Waals surface area contributed by atoms with Crippen molar-refractivity contribution in [1.82, 2.24) is 24.5 Å². The van der Waals surface area contributed by atoms with Gasteiger partial charge in [0.05, 0.1) is 22.3 Å². The van der Waals surface area contributed by atoms with Gasteiger partial charge in [-0.3, -0.25) is 19.9 Å². The van der Waals surface area contributed by atoms with Crippen molar-refractivity contribution in [2.45, 2.75) is 0 Å². The molecule has 0 atom stereocenters. The number of hydrogen-bond donors (Lipinski definition) is 0. The van der Waals surface area contributed by atoms with E-state index in [1.54, 1.807) is 24.8 Å². The first kappa shape index (κ1) is 29.9. The fraction of sp³-hybridized carbons (Fsp3) is 0. The summed E-state index contributed by atoms with van der Waals surface area (Å²) in [6.07, 6.45) is 14.5. The summed E-state index contributed by atoms with van der Waals surface area (Å²) in [5, 5.41) is 16.2. The summed E-state index contributed by atoms with van der Waals surface area (Å²) in [6, 6.07) is 40.3. The first-order valence-electron chi connectivity index (χ1n) is 16.9. The lowest BCUT2D eigenvalue weighted by molar-refractivity contribution is 1.17. The van der Waals surface area contributed by atoms with E-state index >= 15 is 0 Å². The highest BCUT2D eigenvalue weighted by atomic mass is 32.1. The third-order valence-corrected chi connectivity index (χ3v) is 11.0. The van der Waals surface area contributed by atoms with Crippen LogP contribution in [0, 0.1) is 11.3 Å². The first-order valence-corrected chi connectivity index (χ1v) is 17.7. The Morgan fingerprint density at radius 3 is 1.65 bits per heavy atom. The number of pyridine rings is 4. The number of para-hydroxylation sites is 1. The van der Waals surface area contributed by atoms with Crippen LogP contribution in [0.3, 0.4) is 0 Å². The highest BCUT2D eigenvalue weighted by Gasteiger charge is 2.31. The molecule has 6 aromatic heterocycles. The molecule has 0 amide bonds. The van der Waals surface area contributed by atoms with Crippen LogP contribution in [-0.4, -0.2) is 24.5 Å². The van der Waals surface area contributed by atoms with E-state index < -0.39 is 0 Å². The molecule has 0 bridgehead atoms. The van der Waals surface area contributed by atoms with E-state index in [2.05, 4.69) is 103 Å². The third-order valence-electron chi connectivity index (χ3n) is 9.79. The van der Waals surface area contributed by atoms with E-state index in [1.165, 1.54) is 25.6 Å². The number of thiophene rings is 1. The zero-order valence-corrected chi connectivity index (χ0v) is 28.4. The van der Waals surface area contributed by atoms with Gasteiger partial charge in [0.1, 0.15) is 6.07 Å². The van der Waals surface area contributed by atoms with E-state index in [0.717, 1.165) is 66.6 Å². The second kappa shape index (κ2) is 12.1. The molecule has 0 unspecified atom stereocenters. The van der Waals surface area contributed by atoms with Crippen LogP contribution in [0.25, 0.3) is 92.2 Å². The SMILES string of the molecule is N#Cc1c(-c2cccnc2)c(-c2cccnc2)c(-c2cccnc2)c(-n2c3ccccc3c3c4sc5ccccc5c4ccc32)c1-c1cccnc1. The van der Waals surface area contributed by atoms with Crippen molar-refractivity contribution in [1.29, 1.82) is 5.26 Å². The second-order valence-electron chi connectivity index (χ2n) is 12.6. The highest BCUT2D eigenvalue weighted by Crippen LogP contribution is 2.52. The quantitative estimate of drug-likeness (QED) is 0.180. The van der Waals surface area contributed by atoms with Crippen molar-refractivity contribution in [3.05, 3.63) is 164 Å². The topological polar surface area (TPSA) is 80.3 Å². The van der Waals surface area contributed by atoms with E-state index in [1.807, 2.05) is 72.5 Å². The first-order chi connectivity index (χ1) is 25.8. The normalized spacial score (nSPS) is 11.4. The molecular formula is C45H26N6S. The fourth-order valence-electron chi connectivity index (χ4n) is 7.73. The standard InChI is InChI=1S/C45H26N6S/c46-23-35-39(28-9-5-19-47-24-28)41(30-11-7-21-49-26-30)42(31-12-8-22-50-27-31)44(40(35)29-10-6-20-48-25-29)51-36-15-3-1-14-34(36)43-37(51)18-17-33-32-13-2-4-16-38(32)52-45(33)43/h1-22,24-27H. The molecular weight excluding hydrogens is 657 g/mol. The van der Waals surface area contributed by atoms with Crippen LogP contribution in [0.15, 0.2) is 159 Å². The maximum absolute atomic E-state index is 11.4. The van der Waals surface area contributed by atoms with Crippen molar-refractivity contribution in [2.75, 3.05) is 0 Å². The summed E-state index contributed by atoms with van der Waals surface area (Å²) in [7, 11) is 0. The van der Waals surface area contributed by atoms with Gasteiger partial charge >= 0.3 is 0 Å². The van der Waals surface area contributed by atoms with Crippen LogP contribution >= 0.6 is 11.3 Å². The Labute approximate surface area is 302 Å². The molecule has 0 aliphatic carbocycles. The van der Waals surface area contributed by atoms with Gasteiger partial charge in [-0.2, -0.15) is 5.26 Å². The lowest BCUT2D eigenvalue weighted by atomic mass is 9.80. The molecule has 0 aliphatic heterocycles. The van der Waals surface area contributed by atoms with Crippen LogP contribution in [0.5, 0.6) is 0 Å². The molecule has 0 N–H and O–H groups in total. The van der Waals surface area contributed by atoms with Gasteiger partial charge in [-0.1, -0.05) is 66.7 Å². The number of benzene rings is 4. The smallest absolute Gasteiger partial charge is 0.101 e. The lowest BCUT2D eigenvalue weighted by Crippen LogP contribution is -2.07. The maximum atomic E-state index is 11.4. The number of nitrogens with zero attached hydrogens (tertiary/aromatic N) is 6. The molecule has 0 fully saturated rings. The van der Waals surface area contributed by atoms with Crippen LogP contribution < -0.4 is 0 Å². The monoisotopic (exact) mass is 682 g/mol.